The summed E-state index contributed by atoms with van der Waals surface area (Å²) < 4.78 is 5.74. The molecule has 0 radical (unpaired) electrons. The number of nitrogens with one attached hydrogen (secondary N) is 1. The van der Waals surface area contributed by atoms with Crippen LogP contribution < -0.4 is 5.32 Å². The zero-order valence-electron chi connectivity index (χ0n) is 25.2. The van der Waals surface area contributed by atoms with Crippen molar-refractivity contribution in [2.24, 2.45) is 4.99 Å². The Morgan fingerprint density at radius 3 is 2.55 bits per heavy atom. The van der Waals surface area contributed by atoms with Crippen molar-refractivity contribution in [3.05, 3.63) is 70.6 Å². The van der Waals surface area contributed by atoms with Gasteiger partial charge in [0, 0.05) is 56.7 Å². The Bertz CT molecular complexity index is 1480. The normalized spacial score (nSPS) is 19.2. The third-order valence-corrected chi connectivity index (χ3v) is 8.47. The highest BCUT2D eigenvalue weighted by atomic mass is 16.6. The second kappa shape index (κ2) is 13.8. The van der Waals surface area contributed by atoms with E-state index in [1.165, 1.54) is 0 Å². The van der Waals surface area contributed by atoms with Crippen molar-refractivity contribution < 1.29 is 29.3 Å². The topological polar surface area (TPSA) is 135 Å². The zero-order chi connectivity index (χ0) is 31.2. The van der Waals surface area contributed by atoms with Crippen molar-refractivity contribution in [3.63, 3.8) is 0 Å². The largest absolute Gasteiger partial charge is 0.507 e. The molecule has 0 saturated carbocycles. The van der Waals surface area contributed by atoms with Crippen LogP contribution in [0.5, 0.6) is 5.75 Å². The molecule has 2 aromatic carbocycles. The average molecular weight is 602 g/mol. The maximum atomic E-state index is 13.3. The molecule has 2 fully saturated rings. The third-order valence-electron chi connectivity index (χ3n) is 8.47. The van der Waals surface area contributed by atoms with Gasteiger partial charge in [0.15, 0.2) is 6.10 Å². The van der Waals surface area contributed by atoms with E-state index in [4.69, 9.17) is 4.74 Å². The van der Waals surface area contributed by atoms with Gasteiger partial charge in [-0.1, -0.05) is 30.3 Å². The molecule has 3 aliphatic heterocycles. The number of carbonyl (C=O) groups excluding carboxylic acids is 3. The van der Waals surface area contributed by atoms with Crippen LogP contribution in [0.25, 0.3) is 0 Å². The van der Waals surface area contributed by atoms with E-state index in [0.717, 1.165) is 23.2 Å². The average Bonchev–Trinajstić information content (AvgIpc) is 3.35. The molecule has 11 nitrogen and oxygen atoms in total. The molecule has 3 N–H and O–H groups in total. The van der Waals surface area contributed by atoms with E-state index in [-0.39, 0.29) is 24.2 Å². The number of ether oxygens (including phenoxy) is 1. The number of aromatic hydroxyl groups is 1. The lowest BCUT2D eigenvalue weighted by atomic mass is 10.0. The molecule has 0 aromatic heterocycles. The summed E-state index contributed by atoms with van der Waals surface area (Å²) in [7, 11) is 0. The molecule has 5 rings (SSSR count). The molecule has 2 atom stereocenters. The predicted molar refractivity (Wildman–Crippen MR) is 165 cm³/mol. The number of anilines is 1. The summed E-state index contributed by atoms with van der Waals surface area (Å²) in [5.41, 5.74) is 6.68. The maximum absolute atomic E-state index is 13.3. The second-order valence-electron chi connectivity index (χ2n) is 11.7. The molecule has 0 unspecified atom stereocenters. The summed E-state index contributed by atoms with van der Waals surface area (Å²) in [4.78, 5) is 48.5. The van der Waals surface area contributed by atoms with E-state index in [9.17, 15) is 24.6 Å². The van der Waals surface area contributed by atoms with Crippen LogP contribution in [0.2, 0.25) is 0 Å². The first-order chi connectivity index (χ1) is 21.2. The van der Waals surface area contributed by atoms with Gasteiger partial charge in [-0.3, -0.25) is 4.79 Å². The maximum Gasteiger partial charge on any atom is 0.410 e. The number of hydrogen-bond donors (Lipinski definition) is 3. The van der Waals surface area contributed by atoms with E-state index in [0.29, 0.717) is 63.1 Å². The molecular formula is C33H39N5O6. The van der Waals surface area contributed by atoms with Crippen LogP contribution in [-0.2, 0) is 22.4 Å². The summed E-state index contributed by atoms with van der Waals surface area (Å²) >= 11 is 0. The summed E-state index contributed by atoms with van der Waals surface area (Å²) in [5, 5.41) is 22.9. The highest BCUT2D eigenvalue weighted by molar-refractivity contribution is 5.91. The lowest BCUT2D eigenvalue weighted by Gasteiger charge is -2.37. The fourth-order valence-corrected chi connectivity index (χ4v) is 6.02. The van der Waals surface area contributed by atoms with Crippen molar-refractivity contribution in [1.29, 1.82) is 0 Å². The number of urea groups is 1. The highest BCUT2D eigenvalue weighted by Crippen LogP contribution is 2.26. The number of β-amino-alcohol motifs (C(OH)–C–C–N with tert-alkyl or cyclic N) is 1. The molecule has 3 heterocycles. The third kappa shape index (κ3) is 7.50. The quantitative estimate of drug-likeness (QED) is 0.341. The van der Waals surface area contributed by atoms with Crippen LogP contribution in [0.4, 0.5) is 15.3 Å². The van der Waals surface area contributed by atoms with Crippen LogP contribution in [0.3, 0.4) is 0 Å². The van der Waals surface area contributed by atoms with Gasteiger partial charge in [0.1, 0.15) is 5.75 Å². The molecular weight excluding hydrogens is 562 g/mol. The molecule has 11 heteroatoms. The van der Waals surface area contributed by atoms with Crippen LogP contribution in [-0.4, -0.2) is 99.8 Å². The number of carbonyl (C=O) groups is 3. The van der Waals surface area contributed by atoms with Crippen molar-refractivity contribution in [3.8, 4) is 5.75 Å². The second-order valence-corrected chi connectivity index (χ2v) is 11.7. The number of aliphatic hydroxyl groups is 1. The summed E-state index contributed by atoms with van der Waals surface area (Å²) in [5.74, 6) is 1.99. The van der Waals surface area contributed by atoms with Gasteiger partial charge < -0.3 is 35.0 Å². The summed E-state index contributed by atoms with van der Waals surface area (Å²) in [6.07, 6.45) is 2.03. The Kier molecular flexibility index (Phi) is 9.70. The lowest BCUT2D eigenvalue weighted by molar-refractivity contribution is -0.126. The molecule has 0 bridgehead atoms. The number of aliphatic imine (C=N–C) groups is 1. The first-order valence-corrected chi connectivity index (χ1v) is 15.1. The van der Waals surface area contributed by atoms with Gasteiger partial charge in [0.25, 0.3) is 5.91 Å². The standard InChI is InChI=1S/C33H39N5O6/c1-22-18-24(19-23(2)30(22)40)20-29(31(41)34-12-5-13-36-14-11-27(39)21-36)44-33(43)37-15-9-26(10-16-37)38-17-8-25-6-3-4-7-28(25)35-32(38)42/h3-4,6-7,13,18-19,26-27,29,39-40H,8-11,14-17,20-21H2,1-2H3,(H,35,42)/t27-,29+/m0/s1. The molecule has 2 saturated heterocycles. The first kappa shape index (κ1) is 30.9. The predicted octanol–water partition coefficient (Wildman–Crippen LogP) is 3.54. The lowest BCUT2D eigenvalue weighted by Crippen LogP contribution is -2.50. The van der Waals surface area contributed by atoms with Crippen LogP contribution in [0, 0.1) is 13.8 Å². The minimum absolute atomic E-state index is 0.0213. The number of aliphatic hydroxyl groups excluding tert-OH is 1. The molecule has 3 aliphatic rings. The van der Waals surface area contributed by atoms with Gasteiger partial charge >= 0.3 is 12.1 Å². The van der Waals surface area contributed by atoms with Crippen molar-refractivity contribution >= 4 is 29.6 Å². The van der Waals surface area contributed by atoms with Crippen LogP contribution in [0.15, 0.2) is 53.3 Å². The van der Waals surface area contributed by atoms with E-state index in [2.05, 4.69) is 21.9 Å². The van der Waals surface area contributed by atoms with E-state index in [1.807, 2.05) is 34.1 Å². The number of phenols is 1. The van der Waals surface area contributed by atoms with Crippen molar-refractivity contribution in [1.82, 2.24) is 14.7 Å². The number of amides is 4. The van der Waals surface area contributed by atoms with Crippen molar-refractivity contribution in [2.45, 2.75) is 64.2 Å². The number of aryl methyl sites for hydroxylation is 2. The molecule has 0 spiro atoms. The molecule has 0 aliphatic carbocycles. The first-order valence-electron chi connectivity index (χ1n) is 15.1. The zero-order valence-corrected chi connectivity index (χ0v) is 25.2. The highest BCUT2D eigenvalue weighted by Gasteiger charge is 2.33. The van der Waals surface area contributed by atoms with Gasteiger partial charge in [-0.15, -0.1) is 0 Å². The van der Waals surface area contributed by atoms with Gasteiger partial charge in [0.05, 0.1) is 12.3 Å². The Balaban J connectivity index is 1.23. The number of piperidine rings is 1. The smallest absolute Gasteiger partial charge is 0.410 e. The van der Waals surface area contributed by atoms with E-state index in [1.54, 1.807) is 37.1 Å². The van der Waals surface area contributed by atoms with Gasteiger partial charge in [0.2, 0.25) is 0 Å². The SMILES string of the molecule is Cc1cc(C[C@@H](OC(=O)N2CCC(N3CCc4ccccc4NC3=O)CC2)C(=O)N=C=C=CN2CC[C@H](O)C2)cc(C)c1O. The van der Waals surface area contributed by atoms with Crippen LogP contribution in [0.1, 0.15) is 41.5 Å². The molecule has 4 amide bonds. The molecule has 44 heavy (non-hydrogen) atoms. The number of nitrogens with zero attached hydrogens (tertiary/aromatic N) is 4. The number of para-hydroxylation sites is 1. The van der Waals surface area contributed by atoms with E-state index >= 15 is 0 Å². The van der Waals surface area contributed by atoms with E-state index < -0.39 is 24.2 Å². The Hall–Kier alpha value is -4.56. The number of fused-ring (bicyclic) bond motifs is 1. The fraction of sp³-hybridized carbons (Fsp3) is 0.455. The van der Waals surface area contributed by atoms with Gasteiger partial charge in [-0.05, 0) is 73.6 Å². The fourth-order valence-electron chi connectivity index (χ4n) is 6.02. The Morgan fingerprint density at radius 2 is 1.84 bits per heavy atom. The number of phenolic OH excluding ortho intramolecular Hbond substituents is 1. The Morgan fingerprint density at radius 1 is 1.11 bits per heavy atom. The molecule has 2 aromatic rings. The molecule has 232 valence electrons. The number of hydrogen-bond acceptors (Lipinski definition) is 7. The minimum atomic E-state index is -1.21. The van der Waals surface area contributed by atoms with Gasteiger partial charge in [-0.2, -0.15) is 4.99 Å². The Labute approximate surface area is 257 Å². The number of rotatable bonds is 6. The summed E-state index contributed by atoms with van der Waals surface area (Å²) in [6.45, 7) is 6.05. The van der Waals surface area contributed by atoms with Crippen LogP contribution >= 0.6 is 0 Å². The number of likely N-dealkylation sites (tertiary alicyclic amines) is 2. The van der Waals surface area contributed by atoms with Crippen molar-refractivity contribution in [2.75, 3.05) is 38.0 Å². The minimum Gasteiger partial charge on any atom is -0.507 e. The number of benzene rings is 2. The summed E-state index contributed by atoms with van der Waals surface area (Å²) in [6, 6.07) is 11.1. The van der Waals surface area contributed by atoms with Gasteiger partial charge in [-0.25, -0.2) is 9.59 Å². The monoisotopic (exact) mass is 601 g/mol.